The van der Waals surface area contributed by atoms with Crippen LogP contribution in [-0.4, -0.2) is 19.1 Å². The molecule has 0 radical (unpaired) electrons. The summed E-state index contributed by atoms with van der Waals surface area (Å²) in [5.41, 5.74) is 3.38. The smallest absolute Gasteiger partial charge is 0.350 e. The number of carbonyl (C=O) groups is 1. The van der Waals surface area contributed by atoms with Crippen molar-refractivity contribution in [2.75, 3.05) is 18.1 Å². The molecule has 0 bridgehead atoms. The topological polar surface area (TPSA) is 53.3 Å². The number of carbonyl (C=O) groups excluding carboxylic acids is 1. The number of hydrogen-bond donors (Lipinski definition) is 0. The van der Waals surface area contributed by atoms with Crippen molar-refractivity contribution < 1.29 is 9.53 Å². The zero-order valence-corrected chi connectivity index (χ0v) is 13.1. The van der Waals surface area contributed by atoms with E-state index in [1.807, 2.05) is 36.9 Å². The number of para-hydroxylation sites is 1. The number of nitriles is 1. The Labute approximate surface area is 126 Å². The first kappa shape index (κ1) is 16.8. The third-order valence-electron chi connectivity index (χ3n) is 3.23. The van der Waals surface area contributed by atoms with Crippen LogP contribution in [-0.2, 0) is 16.0 Å². The summed E-state index contributed by atoms with van der Waals surface area (Å²) in [6, 6.07) is 8.04. The van der Waals surface area contributed by atoms with Crippen LogP contribution in [0.1, 0.15) is 31.9 Å². The molecule has 112 valence electrons. The molecule has 0 aliphatic carbocycles. The number of hydrogen-bond acceptors (Lipinski definition) is 4. The van der Waals surface area contributed by atoms with E-state index in [1.165, 1.54) is 5.56 Å². The standard InChI is InChI=1S/C17H22N2O2/c1-5-14-10-8-9-13(4)16(14)19(6-2)12-15(11-18)17(20)21-7-3/h8-10,12H,5-7H2,1-4H3/b15-12+. The zero-order chi connectivity index (χ0) is 15.8. The first-order valence-corrected chi connectivity index (χ1v) is 7.23. The molecule has 21 heavy (non-hydrogen) atoms. The lowest BCUT2D eigenvalue weighted by Crippen LogP contribution is -2.20. The van der Waals surface area contributed by atoms with Crippen LogP contribution in [0.4, 0.5) is 5.69 Å². The van der Waals surface area contributed by atoms with Gasteiger partial charge in [0, 0.05) is 18.4 Å². The molecule has 0 aromatic heterocycles. The molecule has 0 N–H and O–H groups in total. The van der Waals surface area contributed by atoms with Crippen LogP contribution in [0.25, 0.3) is 0 Å². The molecule has 0 saturated heterocycles. The van der Waals surface area contributed by atoms with E-state index < -0.39 is 5.97 Å². The Bertz CT molecular complexity index is 571. The van der Waals surface area contributed by atoms with E-state index in [1.54, 1.807) is 13.1 Å². The lowest BCUT2D eigenvalue weighted by atomic mass is 10.0. The summed E-state index contributed by atoms with van der Waals surface area (Å²) in [7, 11) is 0. The second kappa shape index (κ2) is 8.11. The molecule has 4 nitrogen and oxygen atoms in total. The third kappa shape index (κ3) is 4.09. The maximum Gasteiger partial charge on any atom is 0.350 e. The van der Waals surface area contributed by atoms with Gasteiger partial charge in [0.15, 0.2) is 5.57 Å². The van der Waals surface area contributed by atoms with Crippen LogP contribution in [0.15, 0.2) is 30.0 Å². The Morgan fingerprint density at radius 1 is 1.38 bits per heavy atom. The molecule has 1 rings (SSSR count). The highest BCUT2D eigenvalue weighted by Crippen LogP contribution is 2.26. The molecular weight excluding hydrogens is 264 g/mol. The SMILES string of the molecule is CCOC(=O)/C(C#N)=C/N(CC)c1c(C)cccc1CC. The summed E-state index contributed by atoms with van der Waals surface area (Å²) in [6.45, 7) is 8.76. The molecule has 0 fully saturated rings. The largest absolute Gasteiger partial charge is 0.462 e. The van der Waals surface area contributed by atoms with Crippen LogP contribution in [0.3, 0.4) is 0 Å². The number of rotatable bonds is 6. The number of esters is 1. The summed E-state index contributed by atoms with van der Waals surface area (Å²) in [5, 5.41) is 9.16. The van der Waals surface area contributed by atoms with Crippen molar-refractivity contribution in [2.24, 2.45) is 0 Å². The van der Waals surface area contributed by atoms with Crippen LogP contribution in [0, 0.1) is 18.3 Å². The van der Waals surface area contributed by atoms with Gasteiger partial charge in [0.1, 0.15) is 6.07 Å². The molecule has 1 aromatic rings. The number of anilines is 1. The molecule has 0 atom stereocenters. The minimum absolute atomic E-state index is 0.0176. The van der Waals surface area contributed by atoms with Crippen molar-refractivity contribution >= 4 is 11.7 Å². The van der Waals surface area contributed by atoms with E-state index >= 15 is 0 Å². The Morgan fingerprint density at radius 2 is 2.10 bits per heavy atom. The molecule has 0 heterocycles. The lowest BCUT2D eigenvalue weighted by Gasteiger charge is -2.24. The van der Waals surface area contributed by atoms with Crippen LogP contribution >= 0.6 is 0 Å². The highest BCUT2D eigenvalue weighted by molar-refractivity contribution is 5.93. The normalized spacial score (nSPS) is 10.9. The van der Waals surface area contributed by atoms with Gasteiger partial charge in [-0.05, 0) is 38.3 Å². The molecule has 0 saturated carbocycles. The minimum Gasteiger partial charge on any atom is -0.462 e. The van der Waals surface area contributed by atoms with Gasteiger partial charge in [-0.1, -0.05) is 25.1 Å². The maximum absolute atomic E-state index is 11.8. The van der Waals surface area contributed by atoms with Crippen LogP contribution in [0.5, 0.6) is 0 Å². The van der Waals surface area contributed by atoms with Crippen molar-refractivity contribution in [3.05, 3.63) is 41.1 Å². The predicted molar refractivity (Wildman–Crippen MR) is 83.9 cm³/mol. The van der Waals surface area contributed by atoms with Crippen LogP contribution in [0.2, 0.25) is 0 Å². The molecular formula is C17H22N2O2. The van der Waals surface area contributed by atoms with E-state index in [4.69, 9.17) is 10.00 Å². The van der Waals surface area contributed by atoms with Gasteiger partial charge in [0.2, 0.25) is 0 Å². The van der Waals surface area contributed by atoms with Gasteiger partial charge in [0.25, 0.3) is 0 Å². The Morgan fingerprint density at radius 3 is 2.62 bits per heavy atom. The van der Waals surface area contributed by atoms with Crippen molar-refractivity contribution in [2.45, 2.75) is 34.1 Å². The number of ether oxygens (including phenoxy) is 1. The fourth-order valence-corrected chi connectivity index (χ4v) is 2.22. The quantitative estimate of drug-likeness (QED) is 0.457. The van der Waals surface area contributed by atoms with E-state index in [-0.39, 0.29) is 12.2 Å². The van der Waals surface area contributed by atoms with E-state index in [9.17, 15) is 4.79 Å². The summed E-state index contributed by atoms with van der Waals surface area (Å²) in [6.07, 6.45) is 2.47. The summed E-state index contributed by atoms with van der Waals surface area (Å²) >= 11 is 0. The van der Waals surface area contributed by atoms with Crippen molar-refractivity contribution in [3.63, 3.8) is 0 Å². The first-order chi connectivity index (χ1) is 10.1. The fraction of sp³-hybridized carbons (Fsp3) is 0.412. The highest BCUT2D eigenvalue weighted by Gasteiger charge is 2.15. The predicted octanol–water partition coefficient (Wildman–Crippen LogP) is 3.35. The molecule has 0 amide bonds. The number of aryl methyl sites for hydroxylation is 2. The lowest BCUT2D eigenvalue weighted by molar-refractivity contribution is -0.138. The second-order valence-corrected chi connectivity index (χ2v) is 4.60. The average Bonchev–Trinajstić information content (AvgIpc) is 2.49. The highest BCUT2D eigenvalue weighted by atomic mass is 16.5. The number of benzene rings is 1. The molecule has 1 aromatic carbocycles. The van der Waals surface area contributed by atoms with Gasteiger partial charge in [-0.15, -0.1) is 0 Å². The van der Waals surface area contributed by atoms with Gasteiger partial charge in [-0.25, -0.2) is 4.79 Å². The van der Waals surface area contributed by atoms with Crippen molar-refractivity contribution in [1.29, 1.82) is 5.26 Å². The van der Waals surface area contributed by atoms with E-state index in [0.29, 0.717) is 6.54 Å². The Hall–Kier alpha value is -2.28. The first-order valence-electron chi connectivity index (χ1n) is 7.23. The van der Waals surface area contributed by atoms with Crippen molar-refractivity contribution in [3.8, 4) is 6.07 Å². The monoisotopic (exact) mass is 286 g/mol. The summed E-state index contributed by atoms with van der Waals surface area (Å²) in [5.74, 6) is -0.579. The Balaban J connectivity index is 3.25. The molecule has 0 spiro atoms. The van der Waals surface area contributed by atoms with Crippen molar-refractivity contribution in [1.82, 2.24) is 0 Å². The number of nitrogens with zero attached hydrogens (tertiary/aromatic N) is 2. The van der Waals surface area contributed by atoms with Crippen LogP contribution < -0.4 is 4.90 Å². The average molecular weight is 286 g/mol. The summed E-state index contributed by atoms with van der Waals surface area (Å²) in [4.78, 5) is 13.7. The summed E-state index contributed by atoms with van der Waals surface area (Å²) < 4.78 is 4.91. The van der Waals surface area contributed by atoms with Gasteiger partial charge >= 0.3 is 5.97 Å². The van der Waals surface area contributed by atoms with Gasteiger partial charge in [0.05, 0.1) is 6.61 Å². The molecule has 4 heteroatoms. The van der Waals surface area contributed by atoms with E-state index in [2.05, 4.69) is 13.0 Å². The fourth-order valence-electron chi connectivity index (χ4n) is 2.22. The van der Waals surface area contributed by atoms with Gasteiger partial charge in [-0.3, -0.25) is 0 Å². The third-order valence-corrected chi connectivity index (χ3v) is 3.23. The molecule has 0 unspecified atom stereocenters. The molecule has 0 aliphatic rings. The second-order valence-electron chi connectivity index (χ2n) is 4.60. The molecule has 0 aliphatic heterocycles. The zero-order valence-electron chi connectivity index (χ0n) is 13.1. The minimum atomic E-state index is -0.579. The Kier molecular flexibility index (Phi) is 6.48. The van der Waals surface area contributed by atoms with E-state index in [0.717, 1.165) is 17.7 Å². The maximum atomic E-state index is 11.8. The van der Waals surface area contributed by atoms with Gasteiger partial charge < -0.3 is 9.64 Å². The van der Waals surface area contributed by atoms with Gasteiger partial charge in [-0.2, -0.15) is 5.26 Å².